The zero-order valence-corrected chi connectivity index (χ0v) is 13.4. The Hall–Kier alpha value is -1.89. The lowest BCUT2D eigenvalue weighted by molar-refractivity contribution is 0.511. The van der Waals surface area contributed by atoms with Gasteiger partial charge in [0.15, 0.2) is 0 Å². The predicted octanol–water partition coefficient (Wildman–Crippen LogP) is 4.67. The van der Waals surface area contributed by atoms with Crippen molar-refractivity contribution in [3.05, 3.63) is 70.3 Å². The van der Waals surface area contributed by atoms with E-state index in [1.807, 2.05) is 0 Å². The Morgan fingerprint density at radius 2 is 1.67 bits per heavy atom. The minimum Gasteiger partial charge on any atom is -0.282 e. The Morgan fingerprint density at radius 1 is 1.00 bits per heavy atom. The summed E-state index contributed by atoms with van der Waals surface area (Å²) in [6.45, 7) is 8.85. The van der Waals surface area contributed by atoms with E-state index in [4.69, 9.17) is 4.99 Å². The van der Waals surface area contributed by atoms with E-state index < -0.39 is 0 Å². The summed E-state index contributed by atoms with van der Waals surface area (Å²) >= 11 is 0. The van der Waals surface area contributed by atoms with Crippen LogP contribution in [0.15, 0.2) is 47.5 Å². The quantitative estimate of drug-likeness (QED) is 0.756. The van der Waals surface area contributed by atoms with Crippen LogP contribution in [0.1, 0.15) is 41.7 Å². The second-order valence-corrected chi connectivity index (χ2v) is 6.80. The number of rotatable bonds is 2. The molecular formula is C20H23N. The smallest absolute Gasteiger partial charge is 0.0596 e. The lowest BCUT2D eigenvalue weighted by atomic mass is 9.83. The van der Waals surface area contributed by atoms with Crippen molar-refractivity contribution in [1.29, 1.82) is 0 Å². The maximum Gasteiger partial charge on any atom is 0.0596 e. The van der Waals surface area contributed by atoms with Gasteiger partial charge in [0, 0.05) is 12.1 Å². The fourth-order valence-electron chi connectivity index (χ4n) is 3.15. The molecule has 0 bridgehead atoms. The summed E-state index contributed by atoms with van der Waals surface area (Å²) < 4.78 is 0. The Labute approximate surface area is 127 Å². The van der Waals surface area contributed by atoms with Gasteiger partial charge in [-0.25, -0.2) is 0 Å². The molecule has 1 aliphatic rings. The summed E-state index contributed by atoms with van der Waals surface area (Å²) in [7, 11) is 0. The molecule has 0 radical (unpaired) electrons. The summed E-state index contributed by atoms with van der Waals surface area (Å²) in [6, 6.07) is 15.3. The van der Waals surface area contributed by atoms with Crippen LogP contribution in [0.5, 0.6) is 0 Å². The number of hydrogen-bond acceptors (Lipinski definition) is 1. The van der Waals surface area contributed by atoms with Crippen LogP contribution >= 0.6 is 0 Å². The van der Waals surface area contributed by atoms with Crippen molar-refractivity contribution in [3.8, 4) is 0 Å². The van der Waals surface area contributed by atoms with Gasteiger partial charge in [0.1, 0.15) is 0 Å². The minimum absolute atomic E-state index is 0.00118. The molecule has 1 aliphatic heterocycles. The van der Waals surface area contributed by atoms with E-state index in [1.54, 1.807) is 0 Å². The van der Waals surface area contributed by atoms with E-state index in [0.717, 1.165) is 12.8 Å². The lowest BCUT2D eigenvalue weighted by Gasteiger charge is -2.30. The third-order valence-electron chi connectivity index (χ3n) is 4.31. The molecule has 1 heteroatoms. The summed E-state index contributed by atoms with van der Waals surface area (Å²) in [4.78, 5) is 5.04. The summed E-state index contributed by atoms with van der Waals surface area (Å²) in [5, 5.41) is 0. The van der Waals surface area contributed by atoms with Crippen molar-refractivity contribution in [2.24, 2.45) is 4.99 Å². The van der Waals surface area contributed by atoms with Crippen LogP contribution in [0.25, 0.3) is 0 Å². The highest BCUT2D eigenvalue weighted by atomic mass is 14.9. The molecule has 0 saturated heterocycles. The molecule has 2 aromatic rings. The number of benzene rings is 2. The number of hydrogen-bond donors (Lipinski definition) is 0. The van der Waals surface area contributed by atoms with Gasteiger partial charge in [0.25, 0.3) is 0 Å². The molecule has 21 heavy (non-hydrogen) atoms. The van der Waals surface area contributed by atoms with Gasteiger partial charge in [-0.05, 0) is 68.0 Å². The molecule has 0 atom stereocenters. The molecule has 0 fully saturated rings. The van der Waals surface area contributed by atoms with Crippen LogP contribution in [0, 0.1) is 13.8 Å². The number of aliphatic imine (C=N–C) groups is 1. The highest BCUT2D eigenvalue weighted by molar-refractivity contribution is 6.04. The normalized spacial score (nSPS) is 16.3. The zero-order chi connectivity index (χ0) is 15.0. The van der Waals surface area contributed by atoms with Gasteiger partial charge in [0.05, 0.1) is 5.54 Å². The van der Waals surface area contributed by atoms with Gasteiger partial charge in [-0.3, -0.25) is 4.99 Å². The molecule has 1 heterocycles. The van der Waals surface area contributed by atoms with E-state index >= 15 is 0 Å². The average Bonchev–Trinajstić information content (AvgIpc) is 2.41. The molecule has 1 nitrogen and oxygen atoms in total. The van der Waals surface area contributed by atoms with Crippen LogP contribution in [-0.4, -0.2) is 11.3 Å². The van der Waals surface area contributed by atoms with E-state index in [0.29, 0.717) is 0 Å². The average molecular weight is 277 g/mol. The van der Waals surface area contributed by atoms with Gasteiger partial charge in [0.2, 0.25) is 0 Å². The molecule has 3 rings (SSSR count). The third-order valence-corrected chi connectivity index (χ3v) is 4.31. The van der Waals surface area contributed by atoms with E-state index in [9.17, 15) is 0 Å². The lowest BCUT2D eigenvalue weighted by Crippen LogP contribution is -2.30. The van der Waals surface area contributed by atoms with E-state index in [-0.39, 0.29) is 5.54 Å². The van der Waals surface area contributed by atoms with Gasteiger partial charge < -0.3 is 0 Å². The molecule has 0 amide bonds. The van der Waals surface area contributed by atoms with Crippen LogP contribution < -0.4 is 0 Å². The van der Waals surface area contributed by atoms with Gasteiger partial charge in [-0.1, -0.05) is 36.4 Å². The molecule has 108 valence electrons. The van der Waals surface area contributed by atoms with Crippen LogP contribution in [0.4, 0.5) is 0 Å². The van der Waals surface area contributed by atoms with Crippen molar-refractivity contribution in [1.82, 2.24) is 0 Å². The Morgan fingerprint density at radius 3 is 2.38 bits per heavy atom. The molecule has 0 N–H and O–H groups in total. The zero-order valence-electron chi connectivity index (χ0n) is 13.4. The highest BCUT2D eigenvalue weighted by Gasteiger charge is 2.27. The first-order valence-corrected chi connectivity index (χ1v) is 7.68. The molecule has 0 unspecified atom stereocenters. The standard InChI is InChI=1S/C20H23N/c1-14-10-17-13-20(3,4)21-19(18(17)11-15(14)2)12-16-8-6-5-7-9-16/h5-11H,12-13H2,1-4H3. The number of fused-ring (bicyclic) bond motifs is 1. The van der Waals surface area contributed by atoms with E-state index in [2.05, 4.69) is 70.2 Å². The Balaban J connectivity index is 2.06. The largest absolute Gasteiger partial charge is 0.282 e. The molecule has 0 aliphatic carbocycles. The van der Waals surface area contributed by atoms with E-state index in [1.165, 1.54) is 33.5 Å². The summed E-state index contributed by atoms with van der Waals surface area (Å²) in [5.41, 5.74) is 8.09. The number of aryl methyl sites for hydroxylation is 2. The molecule has 2 aromatic carbocycles. The first-order chi connectivity index (χ1) is 9.94. The fraction of sp³-hybridized carbons (Fsp3) is 0.350. The maximum absolute atomic E-state index is 5.04. The molecule has 0 spiro atoms. The van der Waals surface area contributed by atoms with Gasteiger partial charge in [-0.2, -0.15) is 0 Å². The summed E-state index contributed by atoms with van der Waals surface area (Å²) in [5.74, 6) is 0. The van der Waals surface area contributed by atoms with Crippen molar-refractivity contribution < 1.29 is 0 Å². The Bertz CT molecular complexity index is 693. The molecular weight excluding hydrogens is 254 g/mol. The maximum atomic E-state index is 5.04. The second kappa shape index (κ2) is 5.14. The molecule has 0 aromatic heterocycles. The highest BCUT2D eigenvalue weighted by Crippen LogP contribution is 2.30. The SMILES string of the molecule is Cc1cc2c(cc1C)C(Cc1ccccc1)=NC(C)(C)C2. The van der Waals surface area contributed by atoms with Crippen molar-refractivity contribution >= 4 is 5.71 Å². The third kappa shape index (κ3) is 2.92. The fourth-order valence-corrected chi connectivity index (χ4v) is 3.15. The monoisotopic (exact) mass is 277 g/mol. The minimum atomic E-state index is -0.00118. The van der Waals surface area contributed by atoms with Crippen molar-refractivity contribution in [2.75, 3.05) is 0 Å². The van der Waals surface area contributed by atoms with Crippen molar-refractivity contribution in [2.45, 2.75) is 46.1 Å². The van der Waals surface area contributed by atoms with Gasteiger partial charge >= 0.3 is 0 Å². The Kier molecular flexibility index (Phi) is 3.44. The van der Waals surface area contributed by atoms with Crippen LogP contribution in [0.2, 0.25) is 0 Å². The second-order valence-electron chi connectivity index (χ2n) is 6.80. The van der Waals surface area contributed by atoms with Crippen LogP contribution in [-0.2, 0) is 12.8 Å². The molecule has 0 saturated carbocycles. The first kappa shape index (κ1) is 14.1. The predicted molar refractivity (Wildman–Crippen MR) is 90.4 cm³/mol. The topological polar surface area (TPSA) is 12.4 Å². The summed E-state index contributed by atoms with van der Waals surface area (Å²) in [6.07, 6.45) is 1.95. The number of nitrogens with zero attached hydrogens (tertiary/aromatic N) is 1. The first-order valence-electron chi connectivity index (χ1n) is 7.68. The van der Waals surface area contributed by atoms with Crippen LogP contribution in [0.3, 0.4) is 0 Å². The van der Waals surface area contributed by atoms with Gasteiger partial charge in [-0.15, -0.1) is 0 Å². The van der Waals surface area contributed by atoms with Crippen molar-refractivity contribution in [3.63, 3.8) is 0 Å².